The molecule has 0 heterocycles. The standard InChI is InChI=1S/C24H27NO2/c1-2-3-9-24(27)25-13-12-21-16-19(14-18-7-5-4-6-8-18)15-20-10-11-22(26)17-23(20)21/h4-8,10-11,15-17,26H,2-3,9,12-14H2,1H3,(H,25,27). The molecule has 0 radical (unpaired) electrons. The monoisotopic (exact) mass is 361 g/mol. The SMILES string of the molecule is CCCCC(=O)NCCc1cc(Cc2ccccc2)cc2ccc(O)cc12. The lowest BCUT2D eigenvalue weighted by Crippen LogP contribution is -2.25. The van der Waals surface area contributed by atoms with Gasteiger partial charge in [-0.15, -0.1) is 0 Å². The van der Waals surface area contributed by atoms with E-state index in [-0.39, 0.29) is 11.7 Å². The van der Waals surface area contributed by atoms with Gasteiger partial charge < -0.3 is 10.4 Å². The Morgan fingerprint density at radius 3 is 2.59 bits per heavy atom. The predicted molar refractivity (Wildman–Crippen MR) is 111 cm³/mol. The molecular weight excluding hydrogens is 334 g/mol. The van der Waals surface area contributed by atoms with E-state index < -0.39 is 0 Å². The van der Waals surface area contributed by atoms with E-state index >= 15 is 0 Å². The minimum absolute atomic E-state index is 0.115. The molecule has 3 nitrogen and oxygen atoms in total. The predicted octanol–water partition coefficient (Wildman–Crippen LogP) is 4.99. The van der Waals surface area contributed by atoms with Crippen LogP contribution < -0.4 is 5.32 Å². The zero-order chi connectivity index (χ0) is 19.1. The van der Waals surface area contributed by atoms with Crippen LogP contribution in [-0.4, -0.2) is 17.6 Å². The number of nitrogens with one attached hydrogen (secondary N) is 1. The molecule has 0 aliphatic rings. The molecule has 2 N–H and O–H groups in total. The van der Waals surface area contributed by atoms with Gasteiger partial charge in [0.2, 0.25) is 5.91 Å². The van der Waals surface area contributed by atoms with Crippen LogP contribution in [0.15, 0.2) is 60.7 Å². The van der Waals surface area contributed by atoms with Gasteiger partial charge in [-0.25, -0.2) is 0 Å². The van der Waals surface area contributed by atoms with E-state index in [1.54, 1.807) is 6.07 Å². The van der Waals surface area contributed by atoms with Gasteiger partial charge in [-0.1, -0.05) is 61.9 Å². The number of carbonyl (C=O) groups is 1. The first kappa shape index (κ1) is 19.0. The van der Waals surface area contributed by atoms with Crippen molar-refractivity contribution in [2.45, 2.75) is 39.0 Å². The second-order valence-corrected chi connectivity index (χ2v) is 7.03. The Kier molecular flexibility index (Phi) is 6.48. The maximum absolute atomic E-state index is 11.9. The number of fused-ring (bicyclic) bond motifs is 1. The Hall–Kier alpha value is -2.81. The van der Waals surface area contributed by atoms with Crippen molar-refractivity contribution in [2.75, 3.05) is 6.54 Å². The van der Waals surface area contributed by atoms with Gasteiger partial charge in [0, 0.05) is 13.0 Å². The highest BCUT2D eigenvalue weighted by molar-refractivity contribution is 5.88. The van der Waals surface area contributed by atoms with Gasteiger partial charge in [0.25, 0.3) is 0 Å². The van der Waals surface area contributed by atoms with E-state index in [9.17, 15) is 9.90 Å². The maximum atomic E-state index is 11.9. The van der Waals surface area contributed by atoms with Crippen molar-refractivity contribution in [3.05, 3.63) is 77.4 Å². The Bertz CT molecular complexity index is 903. The van der Waals surface area contributed by atoms with Gasteiger partial charge in [0.15, 0.2) is 0 Å². The number of rotatable bonds is 8. The normalized spacial score (nSPS) is 10.9. The minimum atomic E-state index is 0.115. The van der Waals surface area contributed by atoms with Gasteiger partial charge in [-0.3, -0.25) is 4.79 Å². The Morgan fingerprint density at radius 2 is 1.81 bits per heavy atom. The van der Waals surface area contributed by atoms with Crippen molar-refractivity contribution in [3.8, 4) is 5.75 Å². The summed E-state index contributed by atoms with van der Waals surface area (Å²) in [4.78, 5) is 11.9. The van der Waals surface area contributed by atoms with Crippen molar-refractivity contribution in [1.82, 2.24) is 5.32 Å². The number of hydrogen-bond acceptors (Lipinski definition) is 2. The van der Waals surface area contributed by atoms with E-state index in [0.29, 0.717) is 13.0 Å². The van der Waals surface area contributed by atoms with Gasteiger partial charge in [-0.05, 0) is 58.9 Å². The van der Waals surface area contributed by atoms with Gasteiger partial charge in [0.1, 0.15) is 5.75 Å². The molecule has 3 rings (SSSR count). The van der Waals surface area contributed by atoms with Crippen LogP contribution in [0, 0.1) is 0 Å². The zero-order valence-electron chi connectivity index (χ0n) is 15.9. The molecule has 0 bridgehead atoms. The van der Waals surface area contributed by atoms with Crippen LogP contribution >= 0.6 is 0 Å². The molecule has 140 valence electrons. The van der Waals surface area contributed by atoms with Gasteiger partial charge in [0.05, 0.1) is 0 Å². The second kappa shape index (κ2) is 9.22. The smallest absolute Gasteiger partial charge is 0.220 e. The van der Waals surface area contributed by atoms with Crippen LogP contribution in [0.5, 0.6) is 5.75 Å². The van der Waals surface area contributed by atoms with Crippen molar-refractivity contribution in [2.24, 2.45) is 0 Å². The van der Waals surface area contributed by atoms with Crippen molar-refractivity contribution in [1.29, 1.82) is 0 Å². The van der Waals surface area contributed by atoms with Crippen LogP contribution in [0.1, 0.15) is 42.9 Å². The highest BCUT2D eigenvalue weighted by Gasteiger charge is 2.08. The molecule has 3 aromatic carbocycles. The average molecular weight is 361 g/mol. The number of aromatic hydroxyl groups is 1. The molecule has 1 amide bonds. The van der Waals surface area contributed by atoms with Crippen LogP contribution in [0.4, 0.5) is 0 Å². The average Bonchev–Trinajstić information content (AvgIpc) is 2.67. The number of amides is 1. The second-order valence-electron chi connectivity index (χ2n) is 7.03. The molecule has 0 spiro atoms. The third-order valence-corrected chi connectivity index (χ3v) is 4.81. The molecular formula is C24H27NO2. The van der Waals surface area contributed by atoms with E-state index in [1.807, 2.05) is 18.2 Å². The molecule has 3 heteroatoms. The fourth-order valence-corrected chi connectivity index (χ4v) is 3.39. The first-order chi connectivity index (χ1) is 13.2. The largest absolute Gasteiger partial charge is 0.508 e. The van der Waals surface area contributed by atoms with E-state index in [2.05, 4.69) is 48.6 Å². The van der Waals surface area contributed by atoms with Crippen LogP contribution in [0.2, 0.25) is 0 Å². The summed E-state index contributed by atoms with van der Waals surface area (Å²) in [6.45, 7) is 2.70. The van der Waals surface area contributed by atoms with Crippen LogP contribution in [0.25, 0.3) is 10.8 Å². The summed E-state index contributed by atoms with van der Waals surface area (Å²) in [5, 5.41) is 15.1. The first-order valence-corrected chi connectivity index (χ1v) is 9.71. The van der Waals surface area contributed by atoms with Gasteiger partial charge >= 0.3 is 0 Å². The first-order valence-electron chi connectivity index (χ1n) is 9.71. The van der Waals surface area contributed by atoms with Crippen molar-refractivity contribution >= 4 is 16.7 Å². The molecule has 0 unspecified atom stereocenters. The summed E-state index contributed by atoms with van der Waals surface area (Å²) in [5.74, 6) is 0.385. The number of unbranched alkanes of at least 4 members (excludes halogenated alkanes) is 1. The Labute approximate surface area is 161 Å². The third kappa shape index (κ3) is 5.33. The summed E-state index contributed by atoms with van der Waals surface area (Å²) in [7, 11) is 0. The lowest BCUT2D eigenvalue weighted by molar-refractivity contribution is -0.121. The molecule has 3 aromatic rings. The number of hydrogen-bond donors (Lipinski definition) is 2. The Morgan fingerprint density at radius 1 is 1.00 bits per heavy atom. The maximum Gasteiger partial charge on any atom is 0.220 e. The molecule has 0 saturated carbocycles. The fraction of sp³-hybridized carbons (Fsp3) is 0.292. The fourth-order valence-electron chi connectivity index (χ4n) is 3.39. The Balaban J connectivity index is 1.80. The van der Waals surface area contributed by atoms with E-state index in [4.69, 9.17) is 0 Å². The topological polar surface area (TPSA) is 49.3 Å². The molecule has 27 heavy (non-hydrogen) atoms. The quantitative estimate of drug-likeness (QED) is 0.594. The lowest BCUT2D eigenvalue weighted by atomic mass is 9.95. The number of benzene rings is 3. The number of carbonyl (C=O) groups excluding carboxylic acids is 1. The molecule has 0 aliphatic heterocycles. The minimum Gasteiger partial charge on any atom is -0.508 e. The third-order valence-electron chi connectivity index (χ3n) is 4.81. The van der Waals surface area contributed by atoms with Crippen molar-refractivity contribution < 1.29 is 9.90 Å². The summed E-state index contributed by atoms with van der Waals surface area (Å²) in [6, 6.07) is 20.3. The van der Waals surface area contributed by atoms with E-state index in [0.717, 1.165) is 42.0 Å². The molecule has 0 aliphatic carbocycles. The summed E-state index contributed by atoms with van der Waals surface area (Å²) < 4.78 is 0. The number of phenols is 1. The van der Waals surface area contributed by atoms with Gasteiger partial charge in [-0.2, -0.15) is 0 Å². The zero-order valence-corrected chi connectivity index (χ0v) is 15.9. The number of phenolic OH excluding ortho intramolecular Hbond substituents is 1. The molecule has 0 aromatic heterocycles. The highest BCUT2D eigenvalue weighted by Crippen LogP contribution is 2.26. The summed E-state index contributed by atoms with van der Waals surface area (Å²) in [6.07, 6.45) is 4.16. The molecule has 0 atom stereocenters. The molecule has 0 fully saturated rings. The van der Waals surface area contributed by atoms with E-state index in [1.165, 1.54) is 11.1 Å². The highest BCUT2D eigenvalue weighted by atomic mass is 16.3. The lowest BCUT2D eigenvalue weighted by Gasteiger charge is -2.12. The molecule has 0 saturated heterocycles. The van der Waals surface area contributed by atoms with Crippen LogP contribution in [0.3, 0.4) is 0 Å². The summed E-state index contributed by atoms with van der Waals surface area (Å²) in [5.41, 5.74) is 3.67. The van der Waals surface area contributed by atoms with Crippen LogP contribution in [-0.2, 0) is 17.6 Å². The summed E-state index contributed by atoms with van der Waals surface area (Å²) >= 11 is 0. The van der Waals surface area contributed by atoms with Crippen molar-refractivity contribution in [3.63, 3.8) is 0 Å².